The lowest BCUT2D eigenvalue weighted by Gasteiger charge is -2.38. The predicted octanol–water partition coefficient (Wildman–Crippen LogP) is 1.67. The predicted molar refractivity (Wildman–Crippen MR) is 78.0 cm³/mol. The molecule has 2 aliphatic rings. The van der Waals surface area contributed by atoms with Crippen molar-refractivity contribution in [2.45, 2.75) is 63.5 Å². The molecule has 6 nitrogen and oxygen atoms in total. The zero-order chi connectivity index (χ0) is 15.5. The minimum Gasteiger partial charge on any atom is -0.481 e. The summed E-state index contributed by atoms with van der Waals surface area (Å²) in [5, 5.41) is 19.1. The van der Waals surface area contributed by atoms with E-state index in [1.807, 2.05) is 6.92 Å². The van der Waals surface area contributed by atoms with Gasteiger partial charge >= 0.3 is 12.0 Å². The van der Waals surface area contributed by atoms with E-state index in [4.69, 9.17) is 5.11 Å². The number of amides is 2. The van der Waals surface area contributed by atoms with Gasteiger partial charge in [-0.2, -0.15) is 0 Å². The maximum atomic E-state index is 12.7. The molecule has 2 aliphatic heterocycles. The molecule has 2 amide bonds. The number of carboxylic acids is 1. The van der Waals surface area contributed by atoms with Gasteiger partial charge in [-0.05, 0) is 45.4 Å². The molecule has 2 heterocycles. The Kier molecular flexibility index (Phi) is 5.08. The summed E-state index contributed by atoms with van der Waals surface area (Å²) in [6.45, 7) is 3.65. The second kappa shape index (κ2) is 6.64. The number of hydrogen-bond acceptors (Lipinski definition) is 3. The molecule has 0 spiro atoms. The molecular formula is C15H26N2O4. The third-order valence-corrected chi connectivity index (χ3v) is 4.62. The zero-order valence-corrected chi connectivity index (χ0v) is 12.8. The number of urea groups is 1. The van der Waals surface area contributed by atoms with Crippen LogP contribution in [0.2, 0.25) is 0 Å². The van der Waals surface area contributed by atoms with Crippen LogP contribution in [0, 0.1) is 0 Å². The molecule has 0 radical (unpaired) electrons. The van der Waals surface area contributed by atoms with Crippen LogP contribution >= 0.6 is 0 Å². The van der Waals surface area contributed by atoms with Gasteiger partial charge in [0.1, 0.15) is 0 Å². The Balaban J connectivity index is 2.01. The summed E-state index contributed by atoms with van der Waals surface area (Å²) in [6, 6.07) is -0.244. The fourth-order valence-corrected chi connectivity index (χ4v) is 3.30. The summed E-state index contributed by atoms with van der Waals surface area (Å²) in [5.74, 6) is -0.849. The molecule has 2 atom stereocenters. The molecule has 0 aromatic heterocycles. The second-order valence-electron chi connectivity index (χ2n) is 6.56. The van der Waals surface area contributed by atoms with E-state index in [1.54, 1.807) is 9.80 Å². The van der Waals surface area contributed by atoms with Crippen molar-refractivity contribution in [3.63, 3.8) is 0 Å². The summed E-state index contributed by atoms with van der Waals surface area (Å²) in [7, 11) is 0. The van der Waals surface area contributed by atoms with E-state index in [0.29, 0.717) is 32.5 Å². The van der Waals surface area contributed by atoms with Crippen molar-refractivity contribution in [1.29, 1.82) is 0 Å². The third-order valence-electron chi connectivity index (χ3n) is 4.62. The molecule has 0 saturated carbocycles. The van der Waals surface area contributed by atoms with Crippen molar-refractivity contribution < 1.29 is 19.8 Å². The minimum absolute atomic E-state index is 0.0251. The summed E-state index contributed by atoms with van der Waals surface area (Å²) in [6.07, 6.45) is 4.78. The van der Waals surface area contributed by atoms with Gasteiger partial charge in [0, 0.05) is 25.7 Å². The third kappa shape index (κ3) is 4.33. The number of likely N-dealkylation sites (tertiary alicyclic amines) is 2. The maximum Gasteiger partial charge on any atom is 0.320 e. The Hall–Kier alpha value is -1.30. The van der Waals surface area contributed by atoms with Crippen LogP contribution in [0.3, 0.4) is 0 Å². The number of nitrogens with zero attached hydrogens (tertiary/aromatic N) is 2. The first-order chi connectivity index (χ1) is 9.89. The topological polar surface area (TPSA) is 81.1 Å². The van der Waals surface area contributed by atoms with Crippen molar-refractivity contribution >= 4 is 12.0 Å². The van der Waals surface area contributed by atoms with E-state index in [2.05, 4.69) is 0 Å². The van der Waals surface area contributed by atoms with Crippen LogP contribution in [0.15, 0.2) is 0 Å². The summed E-state index contributed by atoms with van der Waals surface area (Å²) in [4.78, 5) is 27.2. The van der Waals surface area contributed by atoms with Crippen molar-refractivity contribution in [3.05, 3.63) is 0 Å². The van der Waals surface area contributed by atoms with Crippen molar-refractivity contribution in [1.82, 2.24) is 9.80 Å². The summed E-state index contributed by atoms with van der Waals surface area (Å²) < 4.78 is 0. The number of carbonyl (C=O) groups is 2. The summed E-state index contributed by atoms with van der Waals surface area (Å²) in [5.41, 5.74) is -0.697. The molecule has 0 bridgehead atoms. The van der Waals surface area contributed by atoms with Gasteiger partial charge in [-0.1, -0.05) is 0 Å². The van der Waals surface area contributed by atoms with E-state index in [0.717, 1.165) is 25.7 Å². The first-order valence-electron chi connectivity index (χ1n) is 7.89. The minimum atomic E-state index is -0.849. The van der Waals surface area contributed by atoms with Gasteiger partial charge < -0.3 is 20.0 Å². The Morgan fingerprint density at radius 1 is 1.14 bits per heavy atom. The molecule has 120 valence electrons. The summed E-state index contributed by atoms with van der Waals surface area (Å²) >= 11 is 0. The van der Waals surface area contributed by atoms with Crippen LogP contribution in [-0.4, -0.2) is 63.3 Å². The zero-order valence-electron chi connectivity index (χ0n) is 12.8. The standard InChI is InChI=1S/C15H26N2O4/c1-15(21)6-4-8-16(10-7-15)14(20)17-9-3-2-5-12(17)11-13(18)19/h12,21H,2-11H2,1H3,(H,18,19). The first kappa shape index (κ1) is 16.1. The molecule has 21 heavy (non-hydrogen) atoms. The van der Waals surface area contributed by atoms with Gasteiger partial charge in [0.05, 0.1) is 12.0 Å². The van der Waals surface area contributed by atoms with E-state index in [-0.39, 0.29) is 18.5 Å². The first-order valence-corrected chi connectivity index (χ1v) is 7.89. The van der Waals surface area contributed by atoms with Gasteiger partial charge in [-0.25, -0.2) is 4.79 Å². The molecule has 2 fully saturated rings. The van der Waals surface area contributed by atoms with Crippen LogP contribution in [0.5, 0.6) is 0 Å². The number of hydrogen-bond donors (Lipinski definition) is 2. The highest BCUT2D eigenvalue weighted by Gasteiger charge is 2.33. The largest absolute Gasteiger partial charge is 0.481 e. The lowest BCUT2D eigenvalue weighted by molar-refractivity contribution is -0.138. The molecule has 2 saturated heterocycles. The molecule has 0 aromatic carbocycles. The fraction of sp³-hybridized carbons (Fsp3) is 0.867. The molecule has 6 heteroatoms. The molecule has 0 aliphatic carbocycles. The van der Waals surface area contributed by atoms with Gasteiger partial charge in [0.2, 0.25) is 0 Å². The Morgan fingerprint density at radius 3 is 2.62 bits per heavy atom. The van der Waals surface area contributed by atoms with Gasteiger partial charge in [0.15, 0.2) is 0 Å². The van der Waals surface area contributed by atoms with Crippen LogP contribution < -0.4 is 0 Å². The Morgan fingerprint density at radius 2 is 1.90 bits per heavy atom. The highest BCUT2D eigenvalue weighted by atomic mass is 16.4. The molecule has 0 aromatic rings. The van der Waals surface area contributed by atoms with E-state index >= 15 is 0 Å². The normalized spacial score (nSPS) is 30.9. The SMILES string of the molecule is CC1(O)CCCN(C(=O)N2CCCCC2CC(=O)O)CC1. The number of aliphatic carboxylic acids is 1. The van der Waals surface area contributed by atoms with Crippen molar-refractivity contribution in [2.24, 2.45) is 0 Å². The number of carbonyl (C=O) groups excluding carboxylic acids is 1. The van der Waals surface area contributed by atoms with Crippen LogP contribution in [0.4, 0.5) is 4.79 Å². The quantitative estimate of drug-likeness (QED) is 0.812. The van der Waals surface area contributed by atoms with Gasteiger partial charge in [-0.15, -0.1) is 0 Å². The second-order valence-corrected chi connectivity index (χ2v) is 6.56. The number of rotatable bonds is 2. The number of piperidine rings is 1. The van der Waals surface area contributed by atoms with Crippen LogP contribution in [0.25, 0.3) is 0 Å². The smallest absolute Gasteiger partial charge is 0.320 e. The van der Waals surface area contributed by atoms with E-state index in [9.17, 15) is 14.7 Å². The lowest BCUT2D eigenvalue weighted by Crippen LogP contribution is -2.51. The lowest BCUT2D eigenvalue weighted by atomic mass is 9.98. The molecule has 2 rings (SSSR count). The highest BCUT2D eigenvalue weighted by Crippen LogP contribution is 2.25. The number of carboxylic acid groups (broad SMARTS) is 1. The highest BCUT2D eigenvalue weighted by molar-refractivity contribution is 5.76. The van der Waals surface area contributed by atoms with E-state index in [1.165, 1.54) is 0 Å². The Bertz CT molecular complexity index is 397. The van der Waals surface area contributed by atoms with Crippen molar-refractivity contribution in [2.75, 3.05) is 19.6 Å². The van der Waals surface area contributed by atoms with Gasteiger partial charge in [0.25, 0.3) is 0 Å². The monoisotopic (exact) mass is 298 g/mol. The molecular weight excluding hydrogens is 272 g/mol. The van der Waals surface area contributed by atoms with Crippen molar-refractivity contribution in [3.8, 4) is 0 Å². The van der Waals surface area contributed by atoms with Crippen LogP contribution in [-0.2, 0) is 4.79 Å². The van der Waals surface area contributed by atoms with Gasteiger partial charge in [-0.3, -0.25) is 4.79 Å². The number of aliphatic hydroxyl groups is 1. The molecule has 2 unspecified atom stereocenters. The molecule has 2 N–H and O–H groups in total. The fourth-order valence-electron chi connectivity index (χ4n) is 3.30. The Labute approximate surface area is 125 Å². The average Bonchev–Trinajstić information content (AvgIpc) is 2.59. The average molecular weight is 298 g/mol. The maximum absolute atomic E-state index is 12.7. The van der Waals surface area contributed by atoms with Crippen LogP contribution in [0.1, 0.15) is 51.9 Å². The van der Waals surface area contributed by atoms with E-state index < -0.39 is 11.6 Å².